The van der Waals surface area contributed by atoms with E-state index in [2.05, 4.69) is 33.1 Å². The largest absolute Gasteiger partial charge is 0.446 e. The van der Waals surface area contributed by atoms with Crippen LogP contribution in [0.25, 0.3) is 11.3 Å². The lowest BCUT2D eigenvalue weighted by atomic mass is 9.86. The van der Waals surface area contributed by atoms with Crippen molar-refractivity contribution in [3.05, 3.63) is 109 Å². The second kappa shape index (κ2) is 11.2. The average molecular weight is 521 g/mol. The minimum Gasteiger partial charge on any atom is -0.446 e. The number of ether oxygens (including phenoxy) is 1. The third-order valence-corrected chi connectivity index (χ3v) is 7.95. The Labute approximate surface area is 228 Å². The zero-order chi connectivity index (χ0) is 26.6. The molecule has 0 saturated carbocycles. The Hall–Kier alpha value is -4.39. The zero-order valence-corrected chi connectivity index (χ0v) is 21.8. The number of carbonyl (C=O) groups is 2. The summed E-state index contributed by atoms with van der Waals surface area (Å²) < 4.78 is 8.36. The third kappa shape index (κ3) is 5.43. The lowest BCUT2D eigenvalue weighted by Crippen LogP contribution is -2.43. The minimum atomic E-state index is -0.453. The molecule has 2 atom stereocenters. The number of benzene rings is 3. The van der Waals surface area contributed by atoms with E-state index < -0.39 is 6.09 Å². The number of piperidine rings is 1. The van der Waals surface area contributed by atoms with Crippen LogP contribution in [0.1, 0.15) is 36.4 Å². The van der Waals surface area contributed by atoms with Crippen LogP contribution in [-0.4, -0.2) is 45.6 Å². The summed E-state index contributed by atoms with van der Waals surface area (Å²) in [6.07, 6.45) is 5.62. The van der Waals surface area contributed by atoms with Gasteiger partial charge in [0.1, 0.15) is 6.10 Å². The first kappa shape index (κ1) is 24.9. The van der Waals surface area contributed by atoms with E-state index in [1.54, 1.807) is 0 Å². The predicted molar refractivity (Wildman–Crippen MR) is 150 cm³/mol. The molecule has 3 aromatic carbocycles. The quantitative estimate of drug-likeness (QED) is 0.327. The van der Waals surface area contributed by atoms with Crippen molar-refractivity contribution in [1.82, 2.24) is 14.5 Å². The number of para-hydroxylation sites is 1. The highest BCUT2D eigenvalue weighted by Gasteiger charge is 2.36. The van der Waals surface area contributed by atoms with Crippen molar-refractivity contribution in [2.24, 2.45) is 5.92 Å². The number of nitrogens with one attached hydrogen (secondary N) is 1. The Balaban J connectivity index is 1.18. The van der Waals surface area contributed by atoms with Crippen molar-refractivity contribution in [2.75, 3.05) is 18.4 Å². The van der Waals surface area contributed by atoms with Gasteiger partial charge in [0.05, 0.1) is 30.7 Å². The van der Waals surface area contributed by atoms with Crippen LogP contribution in [0.3, 0.4) is 0 Å². The van der Waals surface area contributed by atoms with Crippen molar-refractivity contribution in [3.8, 4) is 11.3 Å². The van der Waals surface area contributed by atoms with Gasteiger partial charge >= 0.3 is 6.09 Å². The molecule has 4 aromatic rings. The molecule has 1 N–H and O–H groups in total. The first-order chi connectivity index (χ1) is 19.2. The van der Waals surface area contributed by atoms with Crippen LogP contribution in [0.4, 0.5) is 10.5 Å². The van der Waals surface area contributed by atoms with Gasteiger partial charge in [0.2, 0.25) is 5.91 Å². The first-order valence-electron chi connectivity index (χ1n) is 13.6. The zero-order valence-electron chi connectivity index (χ0n) is 21.8. The van der Waals surface area contributed by atoms with E-state index in [4.69, 9.17) is 4.74 Å². The molecule has 2 aliphatic heterocycles. The van der Waals surface area contributed by atoms with Gasteiger partial charge in [0.25, 0.3) is 0 Å². The molecule has 39 heavy (non-hydrogen) atoms. The number of aromatic nitrogens is 2. The molecule has 0 spiro atoms. The molecule has 6 rings (SSSR count). The summed E-state index contributed by atoms with van der Waals surface area (Å²) in [6.45, 7) is 1.32. The molecule has 0 bridgehead atoms. The summed E-state index contributed by atoms with van der Waals surface area (Å²) in [5.41, 5.74) is 5.21. The van der Waals surface area contributed by atoms with Gasteiger partial charge in [-0.3, -0.25) is 10.1 Å². The highest BCUT2D eigenvalue weighted by Crippen LogP contribution is 2.43. The molecule has 0 aliphatic carbocycles. The Bertz CT molecular complexity index is 1430. The minimum absolute atomic E-state index is 0.0333. The highest BCUT2D eigenvalue weighted by molar-refractivity contribution is 5.84. The van der Waals surface area contributed by atoms with E-state index in [9.17, 15) is 9.59 Å². The Morgan fingerprint density at radius 2 is 1.62 bits per heavy atom. The van der Waals surface area contributed by atoms with Crippen LogP contribution in [-0.2, 0) is 16.0 Å². The molecule has 1 saturated heterocycles. The number of nitrogens with zero attached hydrogens (tertiary/aromatic N) is 3. The highest BCUT2D eigenvalue weighted by atomic mass is 16.6. The van der Waals surface area contributed by atoms with Crippen LogP contribution in [0.2, 0.25) is 0 Å². The number of hydrogen-bond donors (Lipinski definition) is 1. The van der Waals surface area contributed by atoms with E-state index >= 15 is 0 Å². The van der Waals surface area contributed by atoms with Crippen LogP contribution in [0.15, 0.2) is 97.5 Å². The van der Waals surface area contributed by atoms with Gasteiger partial charge in [-0.15, -0.1) is 0 Å². The Morgan fingerprint density at radius 3 is 2.38 bits per heavy atom. The predicted octanol–water partition coefficient (Wildman–Crippen LogP) is 5.94. The number of hydrogen-bond acceptors (Lipinski definition) is 4. The van der Waals surface area contributed by atoms with E-state index in [1.807, 2.05) is 84.2 Å². The summed E-state index contributed by atoms with van der Waals surface area (Å²) in [4.78, 5) is 32.3. The molecule has 2 unspecified atom stereocenters. The molecule has 3 heterocycles. The van der Waals surface area contributed by atoms with Gasteiger partial charge in [0, 0.05) is 30.8 Å². The molecule has 2 aliphatic rings. The second-order valence-electron chi connectivity index (χ2n) is 10.3. The van der Waals surface area contributed by atoms with Gasteiger partial charge in [-0.25, -0.2) is 9.78 Å². The molecular formula is C32H32N4O3. The lowest BCUT2D eigenvalue weighted by molar-refractivity contribution is -0.132. The van der Waals surface area contributed by atoms with Crippen molar-refractivity contribution in [2.45, 2.75) is 37.8 Å². The Morgan fingerprint density at radius 1 is 0.923 bits per heavy atom. The fourth-order valence-corrected chi connectivity index (χ4v) is 5.94. The standard InChI is InChI=1S/C32H32N4O3/c37-31(19-23-9-3-1-4-10-23)35-17-15-24(16-18-35)30(39-32(38)34-25-11-5-2-6-12-25)20-28-26-13-7-8-14-27(26)29-21-33-22-36(28)29/h1-14,21-22,24,28,30H,15-20H2,(H,34,38). The lowest BCUT2D eigenvalue weighted by Gasteiger charge is -2.37. The van der Waals surface area contributed by atoms with Crippen LogP contribution in [0, 0.1) is 5.92 Å². The topological polar surface area (TPSA) is 76.5 Å². The fraction of sp³-hybridized carbons (Fsp3) is 0.281. The smallest absolute Gasteiger partial charge is 0.411 e. The van der Waals surface area contributed by atoms with Crippen molar-refractivity contribution in [1.29, 1.82) is 0 Å². The average Bonchev–Trinajstić information content (AvgIpc) is 3.56. The number of amides is 2. The van der Waals surface area contributed by atoms with E-state index in [1.165, 1.54) is 11.1 Å². The van der Waals surface area contributed by atoms with Gasteiger partial charge in [-0.05, 0) is 42.0 Å². The number of likely N-dealkylation sites (tertiary alicyclic amines) is 1. The molecular weight excluding hydrogens is 488 g/mol. The molecule has 7 heteroatoms. The maximum Gasteiger partial charge on any atom is 0.411 e. The summed E-state index contributed by atoms with van der Waals surface area (Å²) in [6, 6.07) is 27.6. The third-order valence-electron chi connectivity index (χ3n) is 7.95. The first-order valence-corrected chi connectivity index (χ1v) is 13.6. The monoisotopic (exact) mass is 520 g/mol. The maximum absolute atomic E-state index is 13.0. The van der Waals surface area contributed by atoms with Crippen molar-refractivity contribution in [3.63, 3.8) is 0 Å². The summed E-state index contributed by atoms with van der Waals surface area (Å²) in [5, 5.41) is 2.88. The summed E-state index contributed by atoms with van der Waals surface area (Å²) in [5.74, 6) is 0.291. The maximum atomic E-state index is 13.0. The molecule has 1 fully saturated rings. The number of carbonyl (C=O) groups excluding carboxylic acids is 2. The molecule has 1 aromatic heterocycles. The summed E-state index contributed by atoms with van der Waals surface area (Å²) in [7, 11) is 0. The number of imidazole rings is 1. The molecule has 0 radical (unpaired) electrons. The normalized spacial score (nSPS) is 17.2. The van der Waals surface area contributed by atoms with Gasteiger partial charge < -0.3 is 14.2 Å². The molecule has 2 amide bonds. The fourth-order valence-electron chi connectivity index (χ4n) is 5.94. The van der Waals surface area contributed by atoms with E-state index in [0.717, 1.165) is 24.1 Å². The van der Waals surface area contributed by atoms with Crippen LogP contribution < -0.4 is 5.32 Å². The molecule has 198 valence electrons. The van der Waals surface area contributed by atoms with Crippen LogP contribution in [0.5, 0.6) is 0 Å². The Kier molecular flexibility index (Phi) is 7.13. The van der Waals surface area contributed by atoms with E-state index in [-0.39, 0.29) is 24.0 Å². The van der Waals surface area contributed by atoms with E-state index in [0.29, 0.717) is 31.6 Å². The second-order valence-corrected chi connectivity index (χ2v) is 10.3. The SMILES string of the molecule is O=C(Nc1ccccc1)OC(CC1c2ccccc2-c2cncn21)C1CCN(C(=O)Cc2ccccc2)CC1. The van der Waals surface area contributed by atoms with Gasteiger partial charge in [-0.2, -0.15) is 0 Å². The van der Waals surface area contributed by atoms with Gasteiger partial charge in [0.15, 0.2) is 0 Å². The molecule has 7 nitrogen and oxygen atoms in total. The van der Waals surface area contributed by atoms with Crippen molar-refractivity contribution >= 4 is 17.7 Å². The van der Waals surface area contributed by atoms with Crippen molar-refractivity contribution < 1.29 is 14.3 Å². The van der Waals surface area contributed by atoms with Crippen LogP contribution >= 0.6 is 0 Å². The van der Waals surface area contributed by atoms with Gasteiger partial charge in [-0.1, -0.05) is 72.8 Å². The summed E-state index contributed by atoms with van der Waals surface area (Å²) >= 11 is 0. The number of anilines is 1. The number of fused-ring (bicyclic) bond motifs is 3. The number of rotatable bonds is 7.